The van der Waals surface area contributed by atoms with E-state index in [1.54, 1.807) is 6.20 Å². The highest BCUT2D eigenvalue weighted by Gasteiger charge is 1.84. The Kier molecular flexibility index (Phi) is 6.03. The van der Waals surface area contributed by atoms with Crippen LogP contribution in [0.5, 0.6) is 0 Å². The van der Waals surface area contributed by atoms with Gasteiger partial charge in [-0.3, -0.25) is 4.99 Å². The summed E-state index contributed by atoms with van der Waals surface area (Å²) in [6, 6.07) is 0. The highest BCUT2D eigenvalue weighted by Crippen LogP contribution is 1.78. The third-order valence-electron chi connectivity index (χ3n) is 1.10. The molecule has 1 aliphatic rings. The molecule has 1 aliphatic heterocycles. The molecule has 2 aromatic heterocycles. The molecular formula is C7H10N6O2. The highest BCUT2D eigenvalue weighted by atomic mass is 16.5. The molecule has 0 aromatic carbocycles. The predicted molar refractivity (Wildman–Crippen MR) is 50.0 cm³/mol. The van der Waals surface area contributed by atoms with Crippen LogP contribution in [0.2, 0.25) is 0 Å². The molecule has 0 fully saturated rings. The van der Waals surface area contributed by atoms with Gasteiger partial charge in [-0.2, -0.15) is 5.21 Å². The summed E-state index contributed by atoms with van der Waals surface area (Å²) in [7, 11) is 0. The number of aromatic nitrogens is 5. The standard InChI is InChI=1S/C3H5NO.C3H3NO.CH2N4/c2*1-2-5-3-4-1;1-2-4-5-3-1/h3H,1-2H2;1-3H;1H,(H,2,3,4,5). The number of rotatable bonds is 0. The first-order valence-corrected chi connectivity index (χ1v) is 4.08. The second-order valence-electron chi connectivity index (χ2n) is 2.12. The fourth-order valence-electron chi connectivity index (χ4n) is 0.568. The fourth-order valence-corrected chi connectivity index (χ4v) is 0.568. The third kappa shape index (κ3) is 6.87. The Morgan fingerprint density at radius 2 is 2.33 bits per heavy atom. The average Bonchev–Trinajstić information content (AvgIpc) is 3.09. The molecule has 0 spiro atoms. The summed E-state index contributed by atoms with van der Waals surface area (Å²) in [5.41, 5.74) is 0. The Bertz CT molecular complexity index is 252. The average molecular weight is 210 g/mol. The van der Waals surface area contributed by atoms with Crippen LogP contribution in [0.4, 0.5) is 0 Å². The summed E-state index contributed by atoms with van der Waals surface area (Å²) in [5, 5.41) is 12.2. The third-order valence-corrected chi connectivity index (χ3v) is 1.10. The molecule has 0 aliphatic carbocycles. The monoisotopic (exact) mass is 210 g/mol. The summed E-state index contributed by atoms with van der Waals surface area (Å²) in [4.78, 5) is 7.29. The number of oxazole rings is 1. The van der Waals surface area contributed by atoms with Gasteiger partial charge in [-0.15, -0.1) is 10.2 Å². The quantitative estimate of drug-likeness (QED) is 0.652. The van der Waals surface area contributed by atoms with Crippen molar-refractivity contribution in [2.24, 2.45) is 4.99 Å². The molecule has 0 amide bonds. The molecule has 2 aromatic rings. The van der Waals surface area contributed by atoms with Crippen LogP contribution in [0.25, 0.3) is 0 Å². The van der Waals surface area contributed by atoms with E-state index in [1.165, 1.54) is 25.4 Å². The molecule has 15 heavy (non-hydrogen) atoms. The molecule has 0 saturated carbocycles. The number of hydrogen-bond donors (Lipinski definition) is 1. The van der Waals surface area contributed by atoms with Crippen molar-refractivity contribution in [2.75, 3.05) is 13.2 Å². The van der Waals surface area contributed by atoms with E-state index in [2.05, 4.69) is 39.8 Å². The number of ether oxygens (including phenoxy) is 1. The van der Waals surface area contributed by atoms with E-state index in [-0.39, 0.29) is 0 Å². The first kappa shape index (κ1) is 10.8. The molecule has 3 heterocycles. The smallest absolute Gasteiger partial charge is 0.180 e. The van der Waals surface area contributed by atoms with Gasteiger partial charge in [-0.1, -0.05) is 5.21 Å². The number of H-pyrrole nitrogens is 1. The van der Waals surface area contributed by atoms with Crippen LogP contribution in [0.3, 0.4) is 0 Å². The van der Waals surface area contributed by atoms with Crippen LogP contribution in [-0.4, -0.2) is 45.2 Å². The Hall–Kier alpha value is -2.25. The van der Waals surface area contributed by atoms with Gasteiger partial charge in [0, 0.05) is 0 Å². The Labute approximate surface area is 85.4 Å². The molecule has 80 valence electrons. The maximum atomic E-state index is 4.65. The van der Waals surface area contributed by atoms with Crippen LogP contribution < -0.4 is 0 Å². The van der Waals surface area contributed by atoms with Gasteiger partial charge in [-0.05, 0) is 0 Å². The van der Waals surface area contributed by atoms with E-state index in [9.17, 15) is 0 Å². The van der Waals surface area contributed by atoms with Gasteiger partial charge in [-0.25, -0.2) is 4.98 Å². The van der Waals surface area contributed by atoms with Crippen molar-refractivity contribution >= 4 is 6.40 Å². The zero-order chi connectivity index (χ0) is 10.6. The van der Waals surface area contributed by atoms with Gasteiger partial charge in [0.15, 0.2) is 19.1 Å². The second-order valence-corrected chi connectivity index (χ2v) is 2.12. The van der Waals surface area contributed by atoms with E-state index in [4.69, 9.17) is 0 Å². The minimum atomic E-state index is 0.778. The molecule has 0 atom stereocenters. The summed E-state index contributed by atoms with van der Waals surface area (Å²) < 4.78 is 9.12. The minimum Gasteiger partial charge on any atom is -0.482 e. The molecule has 0 radical (unpaired) electrons. The lowest BCUT2D eigenvalue weighted by Gasteiger charge is -1.76. The Morgan fingerprint density at radius 3 is 2.53 bits per heavy atom. The predicted octanol–water partition coefficient (Wildman–Crippen LogP) is -0.0808. The van der Waals surface area contributed by atoms with Crippen LogP contribution in [0.15, 0.2) is 34.6 Å². The lowest BCUT2D eigenvalue weighted by molar-refractivity contribution is 0.361. The highest BCUT2D eigenvalue weighted by molar-refractivity contribution is 5.47. The number of nitrogens with zero attached hydrogens (tertiary/aromatic N) is 5. The molecule has 1 N–H and O–H groups in total. The van der Waals surface area contributed by atoms with Crippen molar-refractivity contribution < 1.29 is 9.15 Å². The number of nitrogens with one attached hydrogen (secondary N) is 1. The first-order chi connectivity index (χ1) is 7.50. The van der Waals surface area contributed by atoms with Gasteiger partial charge < -0.3 is 9.15 Å². The van der Waals surface area contributed by atoms with Crippen LogP contribution in [0, 0.1) is 0 Å². The normalized spacial score (nSPS) is 11.7. The zero-order valence-electron chi connectivity index (χ0n) is 7.85. The first-order valence-electron chi connectivity index (χ1n) is 4.08. The Balaban J connectivity index is 0.000000112. The zero-order valence-corrected chi connectivity index (χ0v) is 7.85. The molecule has 8 nitrogen and oxygen atoms in total. The van der Waals surface area contributed by atoms with Crippen molar-refractivity contribution in [3.63, 3.8) is 0 Å². The second kappa shape index (κ2) is 8.35. The topological polar surface area (TPSA) is 102 Å². The molecule has 0 unspecified atom stereocenters. The van der Waals surface area contributed by atoms with Crippen LogP contribution in [0.1, 0.15) is 0 Å². The Morgan fingerprint density at radius 1 is 1.33 bits per heavy atom. The number of aromatic amines is 1. The van der Waals surface area contributed by atoms with E-state index < -0.39 is 0 Å². The van der Waals surface area contributed by atoms with Gasteiger partial charge in [0.25, 0.3) is 0 Å². The van der Waals surface area contributed by atoms with Crippen molar-refractivity contribution in [2.45, 2.75) is 0 Å². The molecule has 0 bridgehead atoms. The van der Waals surface area contributed by atoms with E-state index in [0.717, 1.165) is 13.2 Å². The SMILES string of the molecule is C1=NCCO1.c1cocn1.c1nn[nH]n1. The van der Waals surface area contributed by atoms with Crippen LogP contribution in [-0.2, 0) is 4.74 Å². The molecule has 0 saturated heterocycles. The van der Waals surface area contributed by atoms with Crippen molar-refractivity contribution in [3.8, 4) is 0 Å². The van der Waals surface area contributed by atoms with Crippen molar-refractivity contribution in [3.05, 3.63) is 25.2 Å². The maximum Gasteiger partial charge on any atom is 0.180 e. The fraction of sp³-hybridized carbons (Fsp3) is 0.286. The van der Waals surface area contributed by atoms with Crippen LogP contribution >= 0.6 is 0 Å². The summed E-state index contributed by atoms with van der Waals surface area (Å²) >= 11 is 0. The van der Waals surface area contributed by atoms with Gasteiger partial charge >= 0.3 is 0 Å². The van der Waals surface area contributed by atoms with Crippen molar-refractivity contribution in [1.29, 1.82) is 0 Å². The maximum absolute atomic E-state index is 4.65. The number of aliphatic imine (C=N–C) groups is 1. The van der Waals surface area contributed by atoms with E-state index in [0.29, 0.717) is 0 Å². The molecule has 3 rings (SSSR count). The molecular weight excluding hydrogens is 200 g/mol. The van der Waals surface area contributed by atoms with Gasteiger partial charge in [0.2, 0.25) is 0 Å². The van der Waals surface area contributed by atoms with E-state index >= 15 is 0 Å². The molecule has 8 heteroatoms. The number of hydrogen-bond acceptors (Lipinski definition) is 7. The summed E-state index contributed by atoms with van der Waals surface area (Å²) in [5.74, 6) is 0. The lowest BCUT2D eigenvalue weighted by atomic mass is 10.8. The van der Waals surface area contributed by atoms with Gasteiger partial charge in [0.05, 0.1) is 12.7 Å². The summed E-state index contributed by atoms with van der Waals surface area (Å²) in [6.07, 6.45) is 7.29. The number of tetrazole rings is 1. The van der Waals surface area contributed by atoms with Crippen molar-refractivity contribution in [1.82, 2.24) is 25.6 Å². The minimum absolute atomic E-state index is 0.778. The van der Waals surface area contributed by atoms with Gasteiger partial charge in [0.1, 0.15) is 12.9 Å². The lowest BCUT2D eigenvalue weighted by Crippen LogP contribution is -1.80. The van der Waals surface area contributed by atoms with E-state index in [1.807, 2.05) is 0 Å². The largest absolute Gasteiger partial charge is 0.482 e. The summed E-state index contributed by atoms with van der Waals surface area (Å²) in [6.45, 7) is 1.62.